The lowest BCUT2D eigenvalue weighted by molar-refractivity contribution is 0.453. The first-order valence-electron chi connectivity index (χ1n) is 6.96. The maximum absolute atomic E-state index is 12.6. The van der Waals surface area contributed by atoms with Gasteiger partial charge in [0, 0.05) is 14.1 Å². The number of benzene rings is 1. The van der Waals surface area contributed by atoms with Gasteiger partial charge in [-0.3, -0.25) is 4.68 Å². The van der Waals surface area contributed by atoms with Crippen molar-refractivity contribution < 1.29 is 8.42 Å². The van der Waals surface area contributed by atoms with Crippen LogP contribution in [0.25, 0.3) is 0 Å². The molecule has 120 valence electrons. The molecule has 7 heteroatoms. The minimum absolute atomic E-state index is 0.170. The average molecular weight is 342 g/mol. The van der Waals surface area contributed by atoms with Crippen LogP contribution in [0, 0.1) is 0 Å². The van der Waals surface area contributed by atoms with E-state index < -0.39 is 10.0 Å². The van der Waals surface area contributed by atoms with E-state index in [-0.39, 0.29) is 11.4 Å². The second kappa shape index (κ2) is 6.40. The van der Waals surface area contributed by atoms with E-state index in [2.05, 4.69) is 18.9 Å². The molecule has 22 heavy (non-hydrogen) atoms. The normalized spacial score (nSPS) is 12.3. The van der Waals surface area contributed by atoms with E-state index in [0.29, 0.717) is 16.6 Å². The lowest BCUT2D eigenvalue weighted by Gasteiger charge is -2.18. The number of rotatable bonds is 5. The Labute approximate surface area is 136 Å². The fraction of sp³-hybridized carbons (Fsp3) is 0.400. The molecule has 0 fully saturated rings. The molecule has 0 N–H and O–H groups in total. The van der Waals surface area contributed by atoms with Crippen molar-refractivity contribution in [3.05, 3.63) is 46.7 Å². The van der Waals surface area contributed by atoms with Gasteiger partial charge in [0.1, 0.15) is 0 Å². The molecule has 0 radical (unpaired) electrons. The highest BCUT2D eigenvalue weighted by molar-refractivity contribution is 7.89. The van der Waals surface area contributed by atoms with Crippen LogP contribution in [0.15, 0.2) is 35.4 Å². The van der Waals surface area contributed by atoms with Crippen molar-refractivity contribution in [1.82, 2.24) is 14.1 Å². The first-order chi connectivity index (χ1) is 10.2. The highest BCUT2D eigenvalue weighted by atomic mass is 35.5. The fourth-order valence-corrected chi connectivity index (χ4v) is 3.47. The van der Waals surface area contributed by atoms with E-state index in [1.807, 2.05) is 12.1 Å². The molecule has 0 saturated carbocycles. The van der Waals surface area contributed by atoms with Crippen molar-refractivity contribution in [3.8, 4) is 0 Å². The maximum Gasteiger partial charge on any atom is 0.243 e. The standard InChI is InChI=1S/C15H20ClN3O2S/c1-11(2)12-5-7-13(8-6-12)22(20,21)18(3)10-15-14(16)9-17-19(15)4/h5-9,11H,10H2,1-4H3. The number of hydrogen-bond acceptors (Lipinski definition) is 3. The molecule has 1 aromatic heterocycles. The van der Waals surface area contributed by atoms with Crippen LogP contribution in [-0.4, -0.2) is 29.6 Å². The predicted octanol–water partition coefficient (Wildman–Crippen LogP) is 3.02. The summed E-state index contributed by atoms with van der Waals surface area (Å²) in [5, 5.41) is 4.48. The first-order valence-corrected chi connectivity index (χ1v) is 8.78. The van der Waals surface area contributed by atoms with Crippen molar-refractivity contribution in [3.63, 3.8) is 0 Å². The Bertz CT molecular complexity index is 732. The zero-order valence-corrected chi connectivity index (χ0v) is 14.7. The van der Waals surface area contributed by atoms with Crippen LogP contribution in [0.5, 0.6) is 0 Å². The smallest absolute Gasteiger partial charge is 0.243 e. The molecular formula is C15H20ClN3O2S. The summed E-state index contributed by atoms with van der Waals surface area (Å²) in [6.07, 6.45) is 1.51. The van der Waals surface area contributed by atoms with Crippen LogP contribution in [-0.2, 0) is 23.6 Å². The van der Waals surface area contributed by atoms with Crippen LogP contribution in [0.1, 0.15) is 31.0 Å². The molecule has 0 aliphatic rings. The van der Waals surface area contributed by atoms with Gasteiger partial charge in [0.2, 0.25) is 10.0 Å². The minimum Gasteiger partial charge on any atom is -0.270 e. The van der Waals surface area contributed by atoms with Crippen molar-refractivity contribution in [1.29, 1.82) is 0 Å². The lowest BCUT2D eigenvalue weighted by atomic mass is 10.0. The molecule has 0 saturated heterocycles. The van der Waals surface area contributed by atoms with Gasteiger partial charge >= 0.3 is 0 Å². The van der Waals surface area contributed by atoms with Crippen LogP contribution < -0.4 is 0 Å². The number of aromatic nitrogens is 2. The largest absolute Gasteiger partial charge is 0.270 e. The molecule has 0 unspecified atom stereocenters. The minimum atomic E-state index is -3.56. The van der Waals surface area contributed by atoms with Gasteiger partial charge in [-0.2, -0.15) is 9.40 Å². The van der Waals surface area contributed by atoms with E-state index in [4.69, 9.17) is 11.6 Å². The Morgan fingerprint density at radius 1 is 1.27 bits per heavy atom. The third kappa shape index (κ3) is 3.34. The number of nitrogens with zero attached hydrogens (tertiary/aromatic N) is 3. The molecule has 2 aromatic rings. The molecule has 2 rings (SSSR count). The Balaban J connectivity index is 2.26. The van der Waals surface area contributed by atoms with Gasteiger partial charge < -0.3 is 0 Å². The Hall–Kier alpha value is -1.37. The third-order valence-electron chi connectivity index (χ3n) is 3.64. The zero-order valence-electron chi connectivity index (χ0n) is 13.1. The Morgan fingerprint density at radius 3 is 2.32 bits per heavy atom. The van der Waals surface area contributed by atoms with Gasteiger partial charge in [0.05, 0.1) is 28.4 Å². The second-order valence-corrected chi connectivity index (χ2v) is 8.00. The van der Waals surface area contributed by atoms with Crippen LogP contribution in [0.2, 0.25) is 5.02 Å². The summed E-state index contributed by atoms with van der Waals surface area (Å²) >= 11 is 6.04. The van der Waals surface area contributed by atoms with Crippen molar-refractivity contribution in [2.24, 2.45) is 7.05 Å². The van der Waals surface area contributed by atoms with E-state index in [1.54, 1.807) is 23.9 Å². The second-order valence-electron chi connectivity index (χ2n) is 5.55. The topological polar surface area (TPSA) is 55.2 Å². The first kappa shape index (κ1) is 17.0. The van der Waals surface area contributed by atoms with Crippen molar-refractivity contribution >= 4 is 21.6 Å². The average Bonchev–Trinajstić information content (AvgIpc) is 2.79. The molecule has 1 heterocycles. The molecule has 5 nitrogen and oxygen atoms in total. The van der Waals surface area contributed by atoms with Gasteiger partial charge in [-0.05, 0) is 23.6 Å². The molecule has 0 aliphatic heterocycles. The summed E-state index contributed by atoms with van der Waals surface area (Å²) in [5.41, 5.74) is 1.77. The van der Waals surface area contributed by atoms with Gasteiger partial charge in [-0.1, -0.05) is 37.6 Å². The van der Waals surface area contributed by atoms with Crippen LogP contribution >= 0.6 is 11.6 Å². The predicted molar refractivity (Wildman–Crippen MR) is 87.4 cm³/mol. The van der Waals surface area contributed by atoms with Gasteiger partial charge in [0.15, 0.2) is 0 Å². The monoisotopic (exact) mass is 341 g/mol. The molecule has 0 aliphatic carbocycles. The van der Waals surface area contributed by atoms with Crippen LogP contribution in [0.4, 0.5) is 0 Å². The lowest BCUT2D eigenvalue weighted by Crippen LogP contribution is -2.27. The maximum atomic E-state index is 12.6. The molecule has 0 bridgehead atoms. The van der Waals surface area contributed by atoms with Gasteiger partial charge in [0.25, 0.3) is 0 Å². The Morgan fingerprint density at radius 2 is 1.86 bits per heavy atom. The summed E-state index contributed by atoms with van der Waals surface area (Å²) in [5.74, 6) is 0.364. The summed E-state index contributed by atoms with van der Waals surface area (Å²) in [6.45, 7) is 4.31. The summed E-state index contributed by atoms with van der Waals surface area (Å²) < 4.78 is 28.1. The SMILES string of the molecule is CC(C)c1ccc(S(=O)(=O)N(C)Cc2c(Cl)cnn2C)cc1. The van der Waals surface area contributed by atoms with Gasteiger partial charge in [-0.25, -0.2) is 8.42 Å². The van der Waals surface area contributed by atoms with Crippen molar-refractivity contribution in [2.45, 2.75) is 31.2 Å². The van der Waals surface area contributed by atoms with Gasteiger partial charge in [-0.15, -0.1) is 0 Å². The fourth-order valence-electron chi connectivity index (χ4n) is 2.11. The van der Waals surface area contributed by atoms with E-state index in [1.165, 1.54) is 17.5 Å². The highest BCUT2D eigenvalue weighted by Gasteiger charge is 2.23. The molecular weight excluding hydrogens is 322 g/mol. The van der Waals surface area contributed by atoms with E-state index >= 15 is 0 Å². The van der Waals surface area contributed by atoms with E-state index in [0.717, 1.165) is 5.56 Å². The molecule has 0 atom stereocenters. The molecule has 0 spiro atoms. The molecule has 0 amide bonds. The number of aryl methyl sites for hydroxylation is 1. The van der Waals surface area contributed by atoms with Crippen LogP contribution in [0.3, 0.4) is 0 Å². The van der Waals surface area contributed by atoms with E-state index in [9.17, 15) is 8.42 Å². The highest BCUT2D eigenvalue weighted by Crippen LogP contribution is 2.22. The number of hydrogen-bond donors (Lipinski definition) is 0. The number of sulfonamides is 1. The summed E-state index contributed by atoms with van der Waals surface area (Å²) in [7, 11) is -0.286. The Kier molecular flexibility index (Phi) is 4.94. The summed E-state index contributed by atoms with van der Waals surface area (Å²) in [4.78, 5) is 0.276. The third-order valence-corrected chi connectivity index (χ3v) is 5.77. The van der Waals surface area contributed by atoms with Crippen molar-refractivity contribution in [2.75, 3.05) is 7.05 Å². The number of halogens is 1. The molecule has 1 aromatic carbocycles. The zero-order chi connectivity index (χ0) is 16.5. The quantitative estimate of drug-likeness (QED) is 0.840. The summed E-state index contributed by atoms with van der Waals surface area (Å²) in [6, 6.07) is 6.99.